The molecule has 12 nitrogen and oxygen atoms in total. The molecule has 14 heteroatoms. The van der Waals surface area contributed by atoms with E-state index >= 15 is 0 Å². The van der Waals surface area contributed by atoms with Gasteiger partial charge >= 0.3 is 20.9 Å². The third-order valence-corrected chi connectivity index (χ3v) is 4.19. The molecular formula is C12H22N2O10P2. The van der Waals surface area contributed by atoms with Crippen LogP contribution in [0.1, 0.15) is 31.4 Å². The van der Waals surface area contributed by atoms with E-state index in [2.05, 4.69) is 4.98 Å². The van der Waals surface area contributed by atoms with E-state index in [9.17, 15) is 18.7 Å². The highest BCUT2D eigenvalue weighted by molar-refractivity contribution is 7.51. The van der Waals surface area contributed by atoms with Crippen LogP contribution < -0.4 is 11.2 Å². The fourth-order valence-corrected chi connectivity index (χ4v) is 2.69. The van der Waals surface area contributed by atoms with Crippen molar-refractivity contribution in [3.05, 3.63) is 32.6 Å². The summed E-state index contributed by atoms with van der Waals surface area (Å²) in [6, 6.07) is -0.977. The lowest BCUT2D eigenvalue weighted by molar-refractivity contribution is 0.0623. The monoisotopic (exact) mass is 416 g/mol. The topological polar surface area (TPSA) is 188 Å². The molecule has 0 saturated carbocycles. The van der Waals surface area contributed by atoms with Crippen molar-refractivity contribution >= 4 is 15.2 Å². The van der Waals surface area contributed by atoms with Crippen molar-refractivity contribution in [1.29, 1.82) is 0 Å². The normalized spacial score (nSPS) is 12.9. The summed E-state index contributed by atoms with van der Waals surface area (Å²) in [5, 5.41) is 0. The smallest absolute Gasteiger partial charge is 0.350 e. The Hall–Kier alpha value is -1.10. The molecule has 0 spiro atoms. The van der Waals surface area contributed by atoms with E-state index in [0.717, 1.165) is 4.57 Å². The molecule has 1 heterocycles. The molecule has 0 aliphatic rings. The molecule has 1 aromatic rings. The van der Waals surface area contributed by atoms with E-state index in [1.807, 2.05) is 0 Å². The molecule has 0 saturated heterocycles. The van der Waals surface area contributed by atoms with Crippen LogP contribution in [-0.4, -0.2) is 55.0 Å². The predicted octanol–water partition coefficient (Wildman–Crippen LogP) is -0.495. The number of ether oxygens (including phenoxy) is 2. The largest absolute Gasteiger partial charge is 0.367 e. The van der Waals surface area contributed by atoms with Crippen molar-refractivity contribution in [2.75, 3.05) is 25.9 Å². The van der Waals surface area contributed by atoms with Gasteiger partial charge in [-0.05, 0) is 5.92 Å². The first-order chi connectivity index (χ1) is 11.8. The van der Waals surface area contributed by atoms with Gasteiger partial charge in [-0.15, -0.1) is 0 Å². The fraction of sp³-hybridized carbons (Fsp3) is 0.667. The highest BCUT2D eigenvalue weighted by Crippen LogP contribution is 2.35. The van der Waals surface area contributed by atoms with Gasteiger partial charge in [0.05, 0.1) is 19.3 Å². The van der Waals surface area contributed by atoms with E-state index in [4.69, 9.17) is 29.0 Å². The van der Waals surface area contributed by atoms with Crippen molar-refractivity contribution in [3.63, 3.8) is 0 Å². The standard InChI is InChI=1S/C12H22N2O10P2/c1-8(2)10-3-14(12(16)13-11(10)15)9(4-23-6-25(17,18)19)5-24-7-26(20,21)22/h3,8-9H,4-7H2,1-2H3,(H,13,15,16)(H2,17,18,19)(H2,20,21,22). The summed E-state index contributed by atoms with van der Waals surface area (Å²) in [4.78, 5) is 61.3. The van der Waals surface area contributed by atoms with Crippen molar-refractivity contribution < 1.29 is 38.2 Å². The van der Waals surface area contributed by atoms with Crippen LogP contribution in [0.3, 0.4) is 0 Å². The maximum atomic E-state index is 12.1. The predicted molar refractivity (Wildman–Crippen MR) is 90.2 cm³/mol. The average molecular weight is 416 g/mol. The third kappa shape index (κ3) is 8.07. The highest BCUT2D eigenvalue weighted by Gasteiger charge is 2.21. The van der Waals surface area contributed by atoms with Gasteiger partial charge in [-0.1, -0.05) is 13.8 Å². The molecular weight excluding hydrogens is 394 g/mol. The molecule has 0 aromatic carbocycles. The average Bonchev–Trinajstić information content (AvgIpc) is 2.43. The molecule has 0 fully saturated rings. The molecule has 5 N–H and O–H groups in total. The maximum absolute atomic E-state index is 12.1. The zero-order chi connectivity index (χ0) is 20.1. The summed E-state index contributed by atoms with van der Waals surface area (Å²) >= 11 is 0. The quantitative estimate of drug-likeness (QED) is 0.311. The Bertz CT molecular complexity index is 777. The lowest BCUT2D eigenvalue weighted by Crippen LogP contribution is -2.37. The Morgan fingerprint density at radius 2 is 1.50 bits per heavy atom. The second-order valence-corrected chi connectivity index (χ2v) is 9.06. The number of nitrogens with zero attached hydrogens (tertiary/aromatic N) is 1. The van der Waals surface area contributed by atoms with E-state index in [0.29, 0.717) is 0 Å². The van der Waals surface area contributed by atoms with E-state index in [1.54, 1.807) is 13.8 Å². The Labute approximate surface area is 148 Å². The van der Waals surface area contributed by atoms with Crippen LogP contribution in [-0.2, 0) is 18.6 Å². The lowest BCUT2D eigenvalue weighted by atomic mass is 10.1. The molecule has 0 radical (unpaired) electrons. The second kappa shape index (κ2) is 9.20. The Morgan fingerprint density at radius 3 is 1.88 bits per heavy atom. The van der Waals surface area contributed by atoms with Crippen molar-refractivity contribution in [3.8, 4) is 0 Å². The number of hydrogen-bond donors (Lipinski definition) is 5. The molecule has 0 aliphatic heterocycles. The third-order valence-electron chi connectivity index (χ3n) is 3.15. The van der Waals surface area contributed by atoms with Crippen LogP contribution in [0.25, 0.3) is 0 Å². The number of aromatic amines is 1. The van der Waals surface area contributed by atoms with Gasteiger partial charge in [0.15, 0.2) is 0 Å². The molecule has 1 aromatic heterocycles. The molecule has 26 heavy (non-hydrogen) atoms. The van der Waals surface area contributed by atoms with E-state index < -0.39 is 58.4 Å². The molecule has 0 aliphatic carbocycles. The molecule has 0 atom stereocenters. The Kier molecular flexibility index (Phi) is 8.12. The summed E-state index contributed by atoms with van der Waals surface area (Å²) < 4.78 is 32.6. The van der Waals surface area contributed by atoms with Crippen LogP contribution in [0.15, 0.2) is 15.8 Å². The summed E-state index contributed by atoms with van der Waals surface area (Å²) in [5.41, 5.74) is -1.11. The number of hydrogen-bond acceptors (Lipinski definition) is 6. The minimum atomic E-state index is -4.44. The van der Waals surface area contributed by atoms with Crippen LogP contribution in [0, 0.1) is 0 Å². The van der Waals surface area contributed by atoms with Gasteiger partial charge in [0.25, 0.3) is 5.56 Å². The SMILES string of the molecule is CC(C)c1cn(C(COCP(=O)(O)O)COCP(=O)(O)O)c(=O)[nH]c1=O. The number of rotatable bonds is 10. The molecule has 1 rings (SSSR count). The Morgan fingerprint density at radius 1 is 1.04 bits per heavy atom. The number of aromatic nitrogens is 2. The highest BCUT2D eigenvalue weighted by atomic mass is 31.2. The zero-order valence-corrected chi connectivity index (χ0v) is 15.9. The number of nitrogens with one attached hydrogen (secondary N) is 1. The molecule has 0 amide bonds. The van der Waals surface area contributed by atoms with Crippen molar-refractivity contribution in [1.82, 2.24) is 9.55 Å². The second-order valence-electron chi connectivity index (χ2n) is 5.89. The first-order valence-corrected chi connectivity index (χ1v) is 11.0. The fourth-order valence-electron chi connectivity index (χ4n) is 2.01. The van der Waals surface area contributed by atoms with Gasteiger partial charge in [0, 0.05) is 11.8 Å². The van der Waals surface area contributed by atoms with E-state index in [-0.39, 0.29) is 11.5 Å². The van der Waals surface area contributed by atoms with Gasteiger partial charge in [-0.2, -0.15) is 0 Å². The minimum Gasteiger partial charge on any atom is -0.367 e. The number of H-pyrrole nitrogens is 1. The van der Waals surface area contributed by atoms with Crippen LogP contribution in [0.2, 0.25) is 0 Å². The summed E-state index contributed by atoms with van der Waals surface area (Å²) in [5.74, 6) is -0.224. The minimum absolute atomic E-state index is 0.224. The van der Waals surface area contributed by atoms with Gasteiger partial charge in [-0.25, -0.2) is 4.79 Å². The maximum Gasteiger partial charge on any atom is 0.350 e. The van der Waals surface area contributed by atoms with Crippen LogP contribution in [0.4, 0.5) is 0 Å². The van der Waals surface area contributed by atoms with Gasteiger partial charge in [0.2, 0.25) is 0 Å². The van der Waals surface area contributed by atoms with Crippen molar-refractivity contribution in [2.45, 2.75) is 25.8 Å². The first-order valence-electron chi connectivity index (χ1n) is 7.40. The molecule has 0 unspecified atom stereocenters. The lowest BCUT2D eigenvalue weighted by Gasteiger charge is -2.21. The van der Waals surface area contributed by atoms with Gasteiger partial charge in [0.1, 0.15) is 12.7 Å². The van der Waals surface area contributed by atoms with Crippen LogP contribution >= 0.6 is 15.2 Å². The van der Waals surface area contributed by atoms with E-state index in [1.165, 1.54) is 6.20 Å². The molecule has 150 valence electrons. The molecule has 0 bridgehead atoms. The van der Waals surface area contributed by atoms with Crippen LogP contribution in [0.5, 0.6) is 0 Å². The first kappa shape index (κ1) is 22.9. The Balaban J connectivity index is 3.08. The van der Waals surface area contributed by atoms with Gasteiger partial charge < -0.3 is 29.0 Å². The van der Waals surface area contributed by atoms with Crippen molar-refractivity contribution in [2.24, 2.45) is 0 Å². The van der Waals surface area contributed by atoms with Gasteiger partial charge in [-0.3, -0.25) is 23.5 Å². The summed E-state index contributed by atoms with van der Waals surface area (Å²) in [6.07, 6.45) is -0.549. The zero-order valence-electron chi connectivity index (χ0n) is 14.1. The summed E-state index contributed by atoms with van der Waals surface area (Å²) in [6.45, 7) is 2.66. The summed E-state index contributed by atoms with van der Waals surface area (Å²) in [7, 11) is -8.89.